The van der Waals surface area contributed by atoms with Crippen LogP contribution in [0.5, 0.6) is 0 Å². The summed E-state index contributed by atoms with van der Waals surface area (Å²) in [4.78, 5) is 22.1. The second kappa shape index (κ2) is 8.81. The maximum Gasteiger partial charge on any atom is 0.251 e. The molecular formula is C23H29N3OS2Si. The van der Waals surface area contributed by atoms with E-state index in [0.717, 1.165) is 46.5 Å². The van der Waals surface area contributed by atoms with Crippen molar-refractivity contribution in [1.82, 2.24) is 15.3 Å². The van der Waals surface area contributed by atoms with Gasteiger partial charge < -0.3 is 5.32 Å². The third-order valence-electron chi connectivity index (χ3n) is 5.38. The van der Waals surface area contributed by atoms with Crippen molar-refractivity contribution in [2.24, 2.45) is 0 Å². The average Bonchev–Trinajstić information content (AvgIpc) is 3.10. The van der Waals surface area contributed by atoms with Crippen LogP contribution in [0.4, 0.5) is 0 Å². The Labute approximate surface area is 189 Å². The lowest BCUT2D eigenvalue weighted by atomic mass is 9.86. The van der Waals surface area contributed by atoms with Crippen molar-refractivity contribution in [1.29, 1.82) is 0 Å². The predicted octanol–water partition coefficient (Wildman–Crippen LogP) is 4.03. The van der Waals surface area contributed by atoms with Crippen LogP contribution in [0.25, 0.3) is 10.2 Å². The normalized spacial score (nSPS) is 19.8. The lowest BCUT2D eigenvalue weighted by Gasteiger charge is -2.28. The fourth-order valence-corrected chi connectivity index (χ4v) is 6.39. The minimum Gasteiger partial charge on any atom is -0.349 e. The Hall–Kier alpha value is -1.70. The first-order valence-electron chi connectivity index (χ1n) is 10.6. The fourth-order valence-electron chi connectivity index (χ4n) is 3.90. The maximum atomic E-state index is 12.8. The van der Waals surface area contributed by atoms with E-state index in [1.165, 1.54) is 14.9 Å². The Bertz CT molecular complexity index is 1050. The van der Waals surface area contributed by atoms with Gasteiger partial charge in [0.2, 0.25) is 0 Å². The van der Waals surface area contributed by atoms with Crippen molar-refractivity contribution in [3.8, 4) is 0 Å². The first-order valence-corrected chi connectivity index (χ1v) is 13.2. The molecule has 0 spiro atoms. The van der Waals surface area contributed by atoms with Crippen molar-refractivity contribution in [2.45, 2.75) is 68.2 Å². The minimum absolute atomic E-state index is 0.0104. The van der Waals surface area contributed by atoms with Gasteiger partial charge in [0.15, 0.2) is 0 Å². The number of rotatable bonds is 4. The lowest BCUT2D eigenvalue weighted by molar-refractivity contribution is 0.0925. The molecule has 1 amide bonds. The van der Waals surface area contributed by atoms with Crippen LogP contribution in [0.3, 0.4) is 0 Å². The van der Waals surface area contributed by atoms with Crippen LogP contribution >= 0.6 is 23.1 Å². The summed E-state index contributed by atoms with van der Waals surface area (Å²) in [6.07, 6.45) is 5.91. The SMILES string of the molecule is CC(C)(C)Sc1cc(C(=O)NC2CCC(c3nc4cc([SiH3])ccc4s3)CC2)ccn1. The van der Waals surface area contributed by atoms with Gasteiger partial charge in [-0.25, -0.2) is 9.97 Å². The quantitative estimate of drug-likeness (QED) is 0.477. The van der Waals surface area contributed by atoms with E-state index in [0.29, 0.717) is 11.5 Å². The van der Waals surface area contributed by atoms with E-state index in [2.05, 4.69) is 49.3 Å². The molecule has 4 nitrogen and oxygen atoms in total. The number of hydrogen-bond donors (Lipinski definition) is 1. The molecule has 1 N–H and O–H groups in total. The zero-order valence-corrected chi connectivity index (χ0v) is 21.7. The molecule has 1 fully saturated rings. The smallest absolute Gasteiger partial charge is 0.251 e. The van der Waals surface area contributed by atoms with Gasteiger partial charge in [-0.15, -0.1) is 23.1 Å². The Morgan fingerprint density at radius 1 is 1.17 bits per heavy atom. The van der Waals surface area contributed by atoms with E-state index in [-0.39, 0.29) is 16.7 Å². The second-order valence-corrected chi connectivity index (χ2v) is 13.2. The predicted molar refractivity (Wildman–Crippen MR) is 132 cm³/mol. The van der Waals surface area contributed by atoms with Gasteiger partial charge in [0.05, 0.1) is 20.3 Å². The number of aromatic nitrogens is 2. The molecule has 3 aromatic rings. The third kappa shape index (κ3) is 5.31. The van der Waals surface area contributed by atoms with E-state index in [1.54, 1.807) is 24.0 Å². The van der Waals surface area contributed by atoms with Crippen LogP contribution in [-0.4, -0.2) is 36.9 Å². The molecule has 1 aromatic carbocycles. The summed E-state index contributed by atoms with van der Waals surface area (Å²) in [7, 11) is 1.06. The number of pyridine rings is 1. The number of nitrogens with one attached hydrogen (secondary N) is 1. The molecule has 158 valence electrons. The molecule has 4 rings (SSSR count). The molecule has 30 heavy (non-hydrogen) atoms. The van der Waals surface area contributed by atoms with Crippen LogP contribution in [0.2, 0.25) is 0 Å². The highest BCUT2D eigenvalue weighted by Gasteiger charge is 2.26. The highest BCUT2D eigenvalue weighted by atomic mass is 32.2. The monoisotopic (exact) mass is 455 g/mol. The van der Waals surface area contributed by atoms with Crippen molar-refractivity contribution < 1.29 is 4.79 Å². The first-order chi connectivity index (χ1) is 14.3. The molecule has 0 bridgehead atoms. The summed E-state index contributed by atoms with van der Waals surface area (Å²) < 4.78 is 1.36. The molecule has 1 aliphatic rings. The number of fused-ring (bicyclic) bond motifs is 1. The number of carbonyl (C=O) groups excluding carboxylic acids is 1. The molecule has 1 aliphatic carbocycles. The number of carbonyl (C=O) groups is 1. The Morgan fingerprint density at radius 3 is 2.67 bits per heavy atom. The van der Waals surface area contributed by atoms with E-state index in [4.69, 9.17) is 4.98 Å². The summed E-state index contributed by atoms with van der Waals surface area (Å²) in [6, 6.07) is 10.6. The van der Waals surface area contributed by atoms with Gasteiger partial charge in [-0.2, -0.15) is 0 Å². The molecule has 0 saturated heterocycles. The number of nitrogens with zero attached hydrogens (tertiary/aromatic N) is 2. The van der Waals surface area contributed by atoms with Gasteiger partial charge >= 0.3 is 0 Å². The average molecular weight is 456 g/mol. The van der Waals surface area contributed by atoms with Crippen LogP contribution in [-0.2, 0) is 0 Å². The molecular weight excluding hydrogens is 426 g/mol. The van der Waals surface area contributed by atoms with Gasteiger partial charge in [0, 0.05) is 38.7 Å². The van der Waals surface area contributed by atoms with Crippen LogP contribution in [0.1, 0.15) is 67.7 Å². The van der Waals surface area contributed by atoms with E-state index in [9.17, 15) is 4.79 Å². The molecule has 2 heterocycles. The largest absolute Gasteiger partial charge is 0.349 e. The first kappa shape index (κ1) is 21.5. The number of amides is 1. The van der Waals surface area contributed by atoms with Crippen molar-refractivity contribution in [2.75, 3.05) is 0 Å². The molecule has 2 aromatic heterocycles. The van der Waals surface area contributed by atoms with Crippen molar-refractivity contribution >= 4 is 54.7 Å². The topological polar surface area (TPSA) is 54.9 Å². The van der Waals surface area contributed by atoms with Crippen LogP contribution < -0.4 is 10.5 Å². The molecule has 0 aliphatic heterocycles. The lowest BCUT2D eigenvalue weighted by Crippen LogP contribution is -2.37. The zero-order valence-electron chi connectivity index (χ0n) is 18.1. The van der Waals surface area contributed by atoms with Gasteiger partial charge in [-0.1, -0.05) is 32.0 Å². The van der Waals surface area contributed by atoms with Gasteiger partial charge in [0.1, 0.15) is 0 Å². The fraction of sp³-hybridized carbons (Fsp3) is 0.435. The number of thioether (sulfide) groups is 1. The van der Waals surface area contributed by atoms with Crippen molar-refractivity contribution in [3.63, 3.8) is 0 Å². The molecule has 0 radical (unpaired) electrons. The number of thiazole rings is 1. The zero-order chi connectivity index (χ0) is 21.3. The maximum absolute atomic E-state index is 12.8. The third-order valence-corrected chi connectivity index (χ3v) is 8.24. The summed E-state index contributed by atoms with van der Waals surface area (Å²) in [5.41, 5.74) is 1.85. The van der Waals surface area contributed by atoms with E-state index >= 15 is 0 Å². The number of hydrogen-bond acceptors (Lipinski definition) is 5. The highest BCUT2D eigenvalue weighted by Crippen LogP contribution is 2.37. The van der Waals surface area contributed by atoms with E-state index < -0.39 is 0 Å². The van der Waals surface area contributed by atoms with E-state index in [1.807, 2.05) is 17.4 Å². The highest BCUT2D eigenvalue weighted by molar-refractivity contribution is 8.00. The molecule has 0 unspecified atom stereocenters. The Balaban J connectivity index is 1.35. The number of benzene rings is 1. The van der Waals surface area contributed by atoms with Gasteiger partial charge in [-0.05, 0) is 49.9 Å². The molecule has 7 heteroatoms. The summed E-state index contributed by atoms with van der Waals surface area (Å²) in [6.45, 7) is 6.45. The summed E-state index contributed by atoms with van der Waals surface area (Å²) in [5, 5.41) is 6.80. The van der Waals surface area contributed by atoms with Crippen molar-refractivity contribution in [3.05, 3.63) is 47.1 Å². The van der Waals surface area contributed by atoms with Crippen LogP contribution in [0, 0.1) is 0 Å². The minimum atomic E-state index is 0.0104. The second-order valence-electron chi connectivity index (χ2n) is 9.14. The standard InChI is InChI=1S/C23H29N3OS2Si/c1-23(2,3)29-20-12-15(10-11-24-20)21(27)25-16-6-4-14(5-7-16)22-26-18-13-17(30)8-9-19(18)28-22/h8-14,16H,4-7H2,1-3,30H3,(H,25,27). The summed E-state index contributed by atoms with van der Waals surface area (Å²) >= 11 is 3.52. The summed E-state index contributed by atoms with van der Waals surface area (Å²) in [5.74, 6) is 0.528. The van der Waals surface area contributed by atoms with Gasteiger partial charge in [0.25, 0.3) is 5.91 Å². The molecule has 0 atom stereocenters. The van der Waals surface area contributed by atoms with Gasteiger partial charge in [-0.3, -0.25) is 4.79 Å². The molecule has 1 saturated carbocycles. The van der Waals surface area contributed by atoms with Crippen LogP contribution in [0.15, 0.2) is 41.6 Å². The Kier molecular flexibility index (Phi) is 6.32. The Morgan fingerprint density at radius 2 is 1.93 bits per heavy atom.